The van der Waals surface area contributed by atoms with E-state index in [1.165, 1.54) is 30.3 Å². The Labute approximate surface area is 134 Å². The van der Waals surface area contributed by atoms with Crippen molar-refractivity contribution < 1.29 is 19.0 Å². The minimum absolute atomic E-state index is 0.0281. The average molecular weight is 331 g/mol. The van der Waals surface area contributed by atoms with Gasteiger partial charge in [0.1, 0.15) is 0 Å². The molecule has 8 nitrogen and oxygen atoms in total. The molecule has 2 aromatic rings. The number of rotatable bonds is 5. The summed E-state index contributed by atoms with van der Waals surface area (Å²) in [5.41, 5.74) is -0.683. The van der Waals surface area contributed by atoms with Gasteiger partial charge in [-0.3, -0.25) is 25.0 Å². The van der Waals surface area contributed by atoms with E-state index in [2.05, 4.69) is 5.32 Å². The van der Waals surface area contributed by atoms with Crippen LogP contribution in [0.3, 0.4) is 0 Å². The van der Waals surface area contributed by atoms with Gasteiger partial charge in [-0.25, -0.2) is 0 Å². The molecule has 0 radical (unpaired) electrons. The minimum atomic E-state index is -1.02. The van der Waals surface area contributed by atoms with Crippen LogP contribution in [0.5, 0.6) is 0 Å². The van der Waals surface area contributed by atoms with Gasteiger partial charge in [0.2, 0.25) is 11.7 Å². The highest BCUT2D eigenvalue weighted by Gasteiger charge is 2.15. The quantitative estimate of drug-likeness (QED) is 0.513. The van der Waals surface area contributed by atoms with E-state index in [0.29, 0.717) is 0 Å². The third kappa shape index (κ3) is 3.97. The summed E-state index contributed by atoms with van der Waals surface area (Å²) in [5, 5.41) is 23.8. The Bertz CT molecular complexity index is 851. The van der Waals surface area contributed by atoms with E-state index < -0.39 is 27.3 Å². The van der Waals surface area contributed by atoms with Crippen LogP contribution in [-0.4, -0.2) is 15.8 Å². The predicted octanol–water partition coefficient (Wildman–Crippen LogP) is 3.29. The zero-order chi connectivity index (χ0) is 17.7. The highest BCUT2D eigenvalue weighted by atomic mass is 19.1. The lowest BCUT2D eigenvalue weighted by Crippen LogP contribution is -2.08. The molecule has 0 aliphatic rings. The predicted molar refractivity (Wildman–Crippen MR) is 83.8 cm³/mol. The SMILES string of the molecule is O=C(C=Cc1ccccc1[N+](=O)[O-])Nc1ccc(F)c([N+](=O)[O-])c1. The van der Waals surface area contributed by atoms with Crippen LogP contribution in [-0.2, 0) is 4.79 Å². The lowest BCUT2D eigenvalue weighted by Gasteiger charge is -2.02. The maximum Gasteiger partial charge on any atom is 0.306 e. The second-order valence-electron chi connectivity index (χ2n) is 4.56. The molecule has 0 saturated heterocycles. The topological polar surface area (TPSA) is 115 Å². The first-order chi connectivity index (χ1) is 11.4. The Hall–Kier alpha value is -3.62. The van der Waals surface area contributed by atoms with E-state index in [-0.39, 0.29) is 16.9 Å². The fourth-order valence-corrected chi connectivity index (χ4v) is 1.87. The first kappa shape index (κ1) is 16.7. The Kier molecular flexibility index (Phi) is 4.95. The zero-order valence-electron chi connectivity index (χ0n) is 12.0. The third-order valence-corrected chi connectivity index (χ3v) is 2.96. The van der Waals surface area contributed by atoms with E-state index in [4.69, 9.17) is 0 Å². The Balaban J connectivity index is 2.16. The van der Waals surface area contributed by atoms with Crippen molar-refractivity contribution in [1.82, 2.24) is 0 Å². The largest absolute Gasteiger partial charge is 0.322 e. The van der Waals surface area contributed by atoms with E-state index in [9.17, 15) is 29.4 Å². The van der Waals surface area contributed by atoms with E-state index in [1.54, 1.807) is 6.07 Å². The smallest absolute Gasteiger partial charge is 0.306 e. The normalized spacial score (nSPS) is 10.5. The van der Waals surface area contributed by atoms with Crippen molar-refractivity contribution in [2.45, 2.75) is 0 Å². The lowest BCUT2D eigenvalue weighted by atomic mass is 10.1. The molecule has 0 atom stereocenters. The van der Waals surface area contributed by atoms with Gasteiger partial charge < -0.3 is 5.32 Å². The summed E-state index contributed by atoms with van der Waals surface area (Å²) in [6.45, 7) is 0. The summed E-state index contributed by atoms with van der Waals surface area (Å²) >= 11 is 0. The molecule has 0 aliphatic heterocycles. The van der Waals surface area contributed by atoms with Gasteiger partial charge in [-0.15, -0.1) is 0 Å². The van der Waals surface area contributed by atoms with Crippen LogP contribution in [0.4, 0.5) is 21.5 Å². The molecule has 0 bridgehead atoms. The van der Waals surface area contributed by atoms with Gasteiger partial charge in [-0.2, -0.15) is 4.39 Å². The van der Waals surface area contributed by atoms with Crippen molar-refractivity contribution >= 4 is 29.0 Å². The molecule has 1 amide bonds. The van der Waals surface area contributed by atoms with Gasteiger partial charge in [0.05, 0.1) is 15.4 Å². The van der Waals surface area contributed by atoms with Crippen molar-refractivity contribution in [3.63, 3.8) is 0 Å². The van der Waals surface area contributed by atoms with Gasteiger partial charge in [0.25, 0.3) is 5.69 Å². The van der Waals surface area contributed by atoms with Gasteiger partial charge in [0.15, 0.2) is 0 Å². The molecule has 0 aliphatic carbocycles. The molecule has 9 heteroatoms. The van der Waals surface area contributed by atoms with Gasteiger partial charge in [-0.1, -0.05) is 12.1 Å². The monoisotopic (exact) mass is 331 g/mol. The van der Waals surface area contributed by atoms with Crippen LogP contribution in [0.15, 0.2) is 48.5 Å². The van der Waals surface area contributed by atoms with Crippen molar-refractivity contribution in [3.05, 3.63) is 80.1 Å². The number of nitrogens with one attached hydrogen (secondary N) is 1. The van der Waals surface area contributed by atoms with Crippen LogP contribution >= 0.6 is 0 Å². The minimum Gasteiger partial charge on any atom is -0.322 e. The van der Waals surface area contributed by atoms with Crippen LogP contribution < -0.4 is 5.32 Å². The van der Waals surface area contributed by atoms with Crippen molar-refractivity contribution in [1.29, 1.82) is 0 Å². The highest BCUT2D eigenvalue weighted by Crippen LogP contribution is 2.22. The second kappa shape index (κ2) is 7.09. The summed E-state index contributed by atoms with van der Waals surface area (Å²) in [6, 6.07) is 8.73. The van der Waals surface area contributed by atoms with E-state index in [0.717, 1.165) is 18.2 Å². The number of carbonyl (C=O) groups is 1. The molecular weight excluding hydrogens is 321 g/mol. The molecule has 0 heterocycles. The van der Waals surface area contributed by atoms with Gasteiger partial charge in [-0.05, 0) is 24.3 Å². The zero-order valence-corrected chi connectivity index (χ0v) is 12.0. The molecule has 0 unspecified atom stereocenters. The summed E-state index contributed by atoms with van der Waals surface area (Å²) in [4.78, 5) is 31.8. The molecule has 0 fully saturated rings. The number of nitro benzene ring substituents is 2. The first-order valence-corrected chi connectivity index (χ1v) is 6.55. The van der Waals surface area contributed by atoms with Crippen LogP contribution in [0.2, 0.25) is 0 Å². The Morgan fingerprint density at radius 1 is 1.04 bits per heavy atom. The number of hydrogen-bond donors (Lipinski definition) is 1. The second-order valence-corrected chi connectivity index (χ2v) is 4.56. The van der Waals surface area contributed by atoms with Crippen molar-refractivity contribution in [3.8, 4) is 0 Å². The number of carbonyl (C=O) groups excluding carboxylic acids is 1. The van der Waals surface area contributed by atoms with Crippen LogP contribution in [0.1, 0.15) is 5.56 Å². The lowest BCUT2D eigenvalue weighted by molar-refractivity contribution is -0.387. The van der Waals surface area contributed by atoms with Gasteiger partial charge >= 0.3 is 5.69 Å². The fourth-order valence-electron chi connectivity index (χ4n) is 1.87. The van der Waals surface area contributed by atoms with Crippen molar-refractivity contribution in [2.24, 2.45) is 0 Å². The van der Waals surface area contributed by atoms with E-state index >= 15 is 0 Å². The summed E-state index contributed by atoms with van der Waals surface area (Å²) in [5.74, 6) is -1.69. The fraction of sp³-hybridized carbons (Fsp3) is 0. The summed E-state index contributed by atoms with van der Waals surface area (Å²) in [7, 11) is 0. The van der Waals surface area contributed by atoms with Crippen LogP contribution in [0, 0.1) is 26.0 Å². The number of benzene rings is 2. The summed E-state index contributed by atoms with van der Waals surface area (Å²) in [6.07, 6.45) is 2.28. The Morgan fingerprint density at radius 2 is 1.71 bits per heavy atom. The maximum absolute atomic E-state index is 13.2. The molecule has 0 aromatic heterocycles. The van der Waals surface area contributed by atoms with Crippen LogP contribution in [0.25, 0.3) is 6.08 Å². The van der Waals surface area contributed by atoms with Gasteiger partial charge in [0, 0.05) is 23.9 Å². The summed E-state index contributed by atoms with van der Waals surface area (Å²) < 4.78 is 13.2. The van der Waals surface area contributed by atoms with E-state index in [1.807, 2.05) is 0 Å². The molecule has 0 saturated carbocycles. The number of hydrogen-bond acceptors (Lipinski definition) is 5. The van der Waals surface area contributed by atoms with Crippen molar-refractivity contribution in [2.75, 3.05) is 5.32 Å². The number of nitro groups is 2. The molecule has 24 heavy (non-hydrogen) atoms. The first-order valence-electron chi connectivity index (χ1n) is 6.55. The highest BCUT2D eigenvalue weighted by molar-refractivity contribution is 6.02. The number of para-hydroxylation sites is 1. The molecule has 1 N–H and O–H groups in total. The third-order valence-electron chi connectivity index (χ3n) is 2.96. The Morgan fingerprint density at radius 3 is 2.38 bits per heavy atom. The molecule has 122 valence electrons. The standard InChI is InChI=1S/C15H10FN3O5/c16-12-7-6-11(9-14(12)19(23)24)17-15(20)8-5-10-3-1-2-4-13(10)18(21)22/h1-9H,(H,17,20). The number of amides is 1. The number of nitrogens with zero attached hydrogens (tertiary/aromatic N) is 2. The molecule has 0 spiro atoms. The number of halogens is 1. The molecular formula is C15H10FN3O5. The molecule has 2 rings (SSSR count). The maximum atomic E-state index is 13.2. The average Bonchev–Trinajstić information content (AvgIpc) is 2.54. The number of anilines is 1. The molecule has 2 aromatic carbocycles.